The third-order valence-electron chi connectivity index (χ3n) is 10.2. The van der Waals surface area contributed by atoms with Gasteiger partial charge in [-0.05, 0) is 130 Å². The van der Waals surface area contributed by atoms with Gasteiger partial charge in [0.1, 0.15) is 0 Å². The number of terminal acetylenes is 1. The van der Waals surface area contributed by atoms with Crippen LogP contribution >= 0.6 is 0 Å². The molecule has 4 saturated carbocycles. The maximum atomic E-state index is 13.5. The molecule has 1 amide bonds. The number of amides is 1. The van der Waals surface area contributed by atoms with Crippen LogP contribution in [0.3, 0.4) is 0 Å². The zero-order chi connectivity index (χ0) is 22.7. The van der Waals surface area contributed by atoms with Gasteiger partial charge in [0.15, 0.2) is 0 Å². The molecule has 172 valence electrons. The minimum absolute atomic E-state index is 0.102. The van der Waals surface area contributed by atoms with Crippen LogP contribution in [0.25, 0.3) is 0 Å². The number of aliphatic hydroxyl groups is 1. The summed E-state index contributed by atoms with van der Waals surface area (Å²) in [4.78, 5) is 13.5. The quantitative estimate of drug-likeness (QED) is 0.568. The van der Waals surface area contributed by atoms with Gasteiger partial charge in [0, 0.05) is 17.2 Å². The molecule has 0 unspecified atom stereocenters. The molecule has 2 N–H and O–H groups in total. The first-order valence-electron chi connectivity index (χ1n) is 12.8. The van der Waals surface area contributed by atoms with E-state index in [4.69, 9.17) is 6.42 Å². The fourth-order valence-electron chi connectivity index (χ4n) is 8.63. The lowest BCUT2D eigenvalue weighted by molar-refractivity contribution is -0.129. The summed E-state index contributed by atoms with van der Waals surface area (Å²) in [7, 11) is 0. The Balaban J connectivity index is 1.31. The Hall–Kier alpha value is -1.79. The number of anilines is 1. The first-order valence-corrected chi connectivity index (χ1v) is 12.8. The Kier molecular flexibility index (Phi) is 5.44. The molecule has 4 aliphatic rings. The Bertz CT molecular complexity index is 943. The molecule has 1 aromatic carbocycles. The van der Waals surface area contributed by atoms with Crippen LogP contribution in [0.5, 0.6) is 0 Å². The Labute approximate surface area is 193 Å². The monoisotopic (exact) mass is 433 g/mol. The number of carbonyl (C=O) groups is 1. The van der Waals surface area contributed by atoms with Crippen LogP contribution in [0, 0.1) is 60.2 Å². The number of hydrogen-bond donors (Lipinski definition) is 2. The van der Waals surface area contributed by atoms with Crippen LogP contribution in [0.2, 0.25) is 0 Å². The molecular formula is C29H39NO2. The van der Waals surface area contributed by atoms with E-state index in [1.807, 2.05) is 32.0 Å². The molecule has 0 radical (unpaired) electrons. The van der Waals surface area contributed by atoms with Crippen molar-refractivity contribution in [3.8, 4) is 12.3 Å². The standard InChI is InChI=1S/C29H39NO2/c1-5-19-6-11-26(18(2)16-19)30-27(31)25-10-9-24-23-8-7-20-17-28(3,32)14-12-21(20)22(23)13-15-29(24,25)4/h1,6,11,16,20-25,32H,7-10,12-15,17H2,2-4H3,(H,30,31)/t20-,21+,22-,23-,24+,25-,28-,29+/m1/s1. The molecule has 32 heavy (non-hydrogen) atoms. The van der Waals surface area contributed by atoms with Gasteiger partial charge >= 0.3 is 0 Å². The first-order chi connectivity index (χ1) is 15.2. The molecule has 3 nitrogen and oxygen atoms in total. The lowest BCUT2D eigenvalue weighted by atomic mass is 9.49. The molecule has 1 aromatic rings. The molecule has 4 fully saturated rings. The summed E-state index contributed by atoms with van der Waals surface area (Å²) in [6.45, 7) is 6.47. The highest BCUT2D eigenvalue weighted by Gasteiger charge is 2.58. The summed E-state index contributed by atoms with van der Waals surface area (Å²) in [6.07, 6.45) is 15.9. The highest BCUT2D eigenvalue weighted by molar-refractivity contribution is 5.94. The molecular weight excluding hydrogens is 394 g/mol. The summed E-state index contributed by atoms with van der Waals surface area (Å²) in [5.74, 6) is 6.73. The Morgan fingerprint density at radius 1 is 1.06 bits per heavy atom. The van der Waals surface area contributed by atoms with Crippen LogP contribution in [-0.2, 0) is 4.79 Å². The van der Waals surface area contributed by atoms with Crippen LogP contribution in [0.15, 0.2) is 18.2 Å². The maximum Gasteiger partial charge on any atom is 0.228 e. The average Bonchev–Trinajstić information content (AvgIpc) is 3.11. The van der Waals surface area contributed by atoms with E-state index in [-0.39, 0.29) is 17.2 Å². The smallest absolute Gasteiger partial charge is 0.228 e. The van der Waals surface area contributed by atoms with Gasteiger partial charge in [-0.3, -0.25) is 4.79 Å². The predicted octanol–water partition coefficient (Wildman–Crippen LogP) is 5.93. The fraction of sp³-hybridized carbons (Fsp3) is 0.690. The number of fused-ring (bicyclic) bond motifs is 5. The van der Waals surface area contributed by atoms with Crippen LogP contribution < -0.4 is 5.32 Å². The van der Waals surface area contributed by atoms with Crippen molar-refractivity contribution in [3.05, 3.63) is 29.3 Å². The SMILES string of the molecule is C#Cc1ccc(NC(=O)[C@H]2CC[C@H]3[C@@H]4CC[C@@H]5C[C@](C)(O)CC[C@@H]5[C@H]4CC[C@]23C)c(C)c1. The number of aryl methyl sites for hydroxylation is 1. The second kappa shape index (κ2) is 7.91. The predicted molar refractivity (Wildman–Crippen MR) is 129 cm³/mol. The molecule has 0 heterocycles. The highest BCUT2D eigenvalue weighted by atomic mass is 16.3. The Morgan fingerprint density at radius 2 is 1.84 bits per heavy atom. The molecule has 3 heteroatoms. The molecule has 5 rings (SSSR count). The number of nitrogens with one attached hydrogen (secondary N) is 1. The lowest BCUT2D eigenvalue weighted by Gasteiger charge is -2.56. The van der Waals surface area contributed by atoms with E-state index in [1.54, 1.807) is 0 Å². The zero-order valence-corrected chi connectivity index (χ0v) is 20.0. The topological polar surface area (TPSA) is 49.3 Å². The van der Waals surface area contributed by atoms with E-state index >= 15 is 0 Å². The zero-order valence-electron chi connectivity index (χ0n) is 20.0. The number of hydrogen-bond acceptors (Lipinski definition) is 2. The van der Waals surface area contributed by atoms with Crippen molar-refractivity contribution in [3.63, 3.8) is 0 Å². The molecule has 8 atom stereocenters. The second-order valence-electron chi connectivity index (χ2n) is 12.0. The van der Waals surface area contributed by atoms with E-state index < -0.39 is 5.60 Å². The van der Waals surface area contributed by atoms with Crippen LogP contribution in [0.1, 0.15) is 82.8 Å². The van der Waals surface area contributed by atoms with Gasteiger partial charge in [-0.1, -0.05) is 12.8 Å². The van der Waals surface area contributed by atoms with Crippen molar-refractivity contribution in [1.29, 1.82) is 0 Å². The first kappa shape index (κ1) is 22.0. The summed E-state index contributed by atoms with van der Waals surface area (Å²) in [6, 6.07) is 5.83. The summed E-state index contributed by atoms with van der Waals surface area (Å²) in [5.41, 5.74) is 2.44. The van der Waals surface area contributed by atoms with Crippen LogP contribution in [0.4, 0.5) is 5.69 Å². The van der Waals surface area contributed by atoms with Crippen molar-refractivity contribution in [1.82, 2.24) is 0 Å². The Morgan fingerprint density at radius 3 is 2.59 bits per heavy atom. The molecule has 0 saturated heterocycles. The van der Waals surface area contributed by atoms with Gasteiger partial charge in [0.25, 0.3) is 0 Å². The number of carbonyl (C=O) groups excluding carboxylic acids is 1. The van der Waals surface area contributed by atoms with Gasteiger partial charge in [0.05, 0.1) is 5.60 Å². The van der Waals surface area contributed by atoms with Gasteiger partial charge in [0.2, 0.25) is 5.91 Å². The molecule has 0 aromatic heterocycles. The van der Waals surface area contributed by atoms with E-state index in [0.29, 0.717) is 11.8 Å². The lowest BCUT2D eigenvalue weighted by Crippen LogP contribution is -2.51. The van der Waals surface area contributed by atoms with Gasteiger partial charge < -0.3 is 10.4 Å². The van der Waals surface area contributed by atoms with Gasteiger partial charge in [-0.25, -0.2) is 0 Å². The van der Waals surface area contributed by atoms with Crippen LogP contribution in [-0.4, -0.2) is 16.6 Å². The summed E-state index contributed by atoms with van der Waals surface area (Å²) < 4.78 is 0. The van der Waals surface area contributed by atoms with Crippen molar-refractivity contribution < 1.29 is 9.90 Å². The van der Waals surface area contributed by atoms with E-state index in [9.17, 15) is 9.90 Å². The molecule has 0 bridgehead atoms. The van der Waals surface area contributed by atoms with Gasteiger partial charge in [-0.2, -0.15) is 0 Å². The van der Waals surface area contributed by atoms with E-state index in [0.717, 1.165) is 53.8 Å². The van der Waals surface area contributed by atoms with E-state index in [2.05, 4.69) is 18.2 Å². The van der Waals surface area contributed by atoms with Crippen molar-refractivity contribution in [2.24, 2.45) is 40.9 Å². The summed E-state index contributed by atoms with van der Waals surface area (Å²) in [5, 5.41) is 13.9. The largest absolute Gasteiger partial charge is 0.390 e. The van der Waals surface area contributed by atoms with Crippen molar-refractivity contribution in [2.75, 3.05) is 5.32 Å². The van der Waals surface area contributed by atoms with Gasteiger partial charge in [-0.15, -0.1) is 6.42 Å². The average molecular weight is 434 g/mol. The highest BCUT2D eigenvalue weighted by Crippen LogP contribution is 2.64. The number of rotatable bonds is 2. The molecule has 0 spiro atoms. The molecule has 4 aliphatic carbocycles. The van der Waals surface area contributed by atoms with Crippen molar-refractivity contribution in [2.45, 2.75) is 84.2 Å². The minimum Gasteiger partial charge on any atom is -0.390 e. The van der Waals surface area contributed by atoms with Crippen molar-refractivity contribution >= 4 is 11.6 Å². The molecule has 0 aliphatic heterocycles. The number of benzene rings is 1. The maximum absolute atomic E-state index is 13.5. The third-order valence-corrected chi connectivity index (χ3v) is 10.2. The fourth-order valence-corrected chi connectivity index (χ4v) is 8.63. The minimum atomic E-state index is -0.454. The third kappa shape index (κ3) is 3.60. The van der Waals surface area contributed by atoms with E-state index in [1.165, 1.54) is 38.5 Å². The second-order valence-corrected chi connectivity index (χ2v) is 12.0. The summed E-state index contributed by atoms with van der Waals surface area (Å²) >= 11 is 0. The normalized spacial score (nSPS) is 42.8.